The molecule has 3 rings (SSSR count). The molecule has 1 aromatic carbocycles. The number of hydrogen-bond donors (Lipinski definition) is 2. The lowest BCUT2D eigenvalue weighted by molar-refractivity contribution is -0.144. The van der Waals surface area contributed by atoms with E-state index in [0.29, 0.717) is 17.0 Å². The van der Waals surface area contributed by atoms with Crippen LogP contribution in [0.1, 0.15) is 56.2 Å². The fourth-order valence-electron chi connectivity index (χ4n) is 3.98. The average Bonchev–Trinajstić information content (AvgIpc) is 3.37. The molecule has 1 saturated heterocycles. The zero-order valence-corrected chi connectivity index (χ0v) is 19.6. The van der Waals surface area contributed by atoms with Crippen molar-refractivity contribution in [3.8, 4) is 5.75 Å². The highest BCUT2D eigenvalue weighted by Gasteiger charge is 2.45. The third-order valence-corrected chi connectivity index (χ3v) is 5.61. The van der Waals surface area contributed by atoms with E-state index < -0.39 is 23.6 Å². The number of ether oxygens (including phenoxy) is 1. The number of likely N-dealkylation sites (tertiary alicyclic amines) is 1. The van der Waals surface area contributed by atoms with Crippen LogP contribution in [-0.2, 0) is 16.2 Å². The first-order chi connectivity index (χ1) is 15.5. The van der Waals surface area contributed by atoms with Crippen molar-refractivity contribution < 1.29 is 24.2 Å². The lowest BCUT2D eigenvalue weighted by Gasteiger charge is -2.34. The maximum Gasteiger partial charge on any atom is 0.248 e. The Labute approximate surface area is 192 Å². The smallest absolute Gasteiger partial charge is 0.248 e. The van der Waals surface area contributed by atoms with Gasteiger partial charge in [0.1, 0.15) is 30.1 Å². The van der Waals surface area contributed by atoms with Gasteiger partial charge in [-0.2, -0.15) is 0 Å². The maximum absolute atomic E-state index is 13.5. The minimum atomic E-state index is -0.762. The van der Waals surface area contributed by atoms with Gasteiger partial charge in [0, 0.05) is 25.6 Å². The van der Waals surface area contributed by atoms with Crippen LogP contribution < -0.4 is 10.1 Å². The van der Waals surface area contributed by atoms with E-state index in [-0.39, 0.29) is 37.2 Å². The topological polar surface area (TPSA) is 127 Å². The molecule has 0 saturated carbocycles. The summed E-state index contributed by atoms with van der Waals surface area (Å²) >= 11 is 0. The Bertz CT molecular complexity index is 1030. The number of hydrogen-bond acceptors (Lipinski definition) is 7. The number of nitrogens with one attached hydrogen (secondary N) is 1. The normalized spacial score (nSPS) is 19.3. The molecule has 10 heteroatoms. The van der Waals surface area contributed by atoms with Crippen molar-refractivity contribution in [1.29, 1.82) is 0 Å². The number of ketones is 1. The number of β-amino-alcohol motifs (C(OH)–C–C–N with tert-alkyl or cyclic N) is 1. The molecule has 0 spiro atoms. The van der Waals surface area contributed by atoms with Gasteiger partial charge in [-0.15, -0.1) is 5.10 Å². The van der Waals surface area contributed by atoms with Gasteiger partial charge in [0.05, 0.1) is 12.3 Å². The van der Waals surface area contributed by atoms with Crippen molar-refractivity contribution >= 4 is 17.6 Å². The van der Waals surface area contributed by atoms with Crippen molar-refractivity contribution in [3.63, 3.8) is 0 Å². The van der Waals surface area contributed by atoms with Gasteiger partial charge in [-0.05, 0) is 24.5 Å². The van der Waals surface area contributed by atoms with E-state index >= 15 is 0 Å². The number of carbonyl (C=O) groups excluding carboxylic acids is 3. The van der Waals surface area contributed by atoms with E-state index in [4.69, 9.17) is 4.74 Å². The van der Waals surface area contributed by atoms with E-state index in [0.717, 1.165) is 0 Å². The molecule has 0 bridgehead atoms. The van der Waals surface area contributed by atoms with Crippen molar-refractivity contribution in [3.05, 3.63) is 41.7 Å². The highest BCUT2D eigenvalue weighted by atomic mass is 16.5. The number of nitrogens with zero attached hydrogens (tertiary/aromatic N) is 4. The highest BCUT2D eigenvalue weighted by molar-refractivity contribution is 5.94. The molecule has 0 aliphatic carbocycles. The van der Waals surface area contributed by atoms with Gasteiger partial charge in [0.15, 0.2) is 5.78 Å². The molecular weight excluding hydrogens is 426 g/mol. The molecule has 2 heterocycles. The summed E-state index contributed by atoms with van der Waals surface area (Å²) in [4.78, 5) is 38.8. The Kier molecular flexibility index (Phi) is 7.16. The van der Waals surface area contributed by atoms with E-state index in [1.54, 1.807) is 30.5 Å². The van der Waals surface area contributed by atoms with Crippen LogP contribution in [0.3, 0.4) is 0 Å². The lowest BCUT2D eigenvalue weighted by Crippen LogP contribution is -2.49. The summed E-state index contributed by atoms with van der Waals surface area (Å²) in [6.07, 6.45) is 1.07. The SMILES string of the molecule is CNC(=O)C1CC(O)CN1C(=O)[C@@H](n1cc(COc2cccc(C(C)=O)c2)nn1)C(C)(C)C. The third kappa shape index (κ3) is 5.57. The monoisotopic (exact) mass is 457 g/mol. The quantitative estimate of drug-likeness (QED) is 0.601. The second-order valence-corrected chi connectivity index (χ2v) is 9.34. The Hall–Kier alpha value is -3.27. The zero-order valence-electron chi connectivity index (χ0n) is 19.6. The minimum absolute atomic E-state index is 0.0555. The molecule has 2 unspecified atom stereocenters. The predicted octanol–water partition coefficient (Wildman–Crippen LogP) is 1.35. The van der Waals surface area contributed by atoms with Crippen LogP contribution in [0.15, 0.2) is 30.5 Å². The van der Waals surface area contributed by atoms with Gasteiger partial charge in [0.25, 0.3) is 0 Å². The van der Waals surface area contributed by atoms with E-state index in [1.807, 2.05) is 20.8 Å². The molecule has 10 nitrogen and oxygen atoms in total. The van der Waals surface area contributed by atoms with Gasteiger partial charge in [0.2, 0.25) is 11.8 Å². The molecule has 2 N–H and O–H groups in total. The summed E-state index contributed by atoms with van der Waals surface area (Å²) in [6, 6.07) is 5.39. The molecule has 2 amide bonds. The number of amides is 2. The highest BCUT2D eigenvalue weighted by Crippen LogP contribution is 2.34. The first kappa shape index (κ1) is 24.4. The molecule has 33 heavy (non-hydrogen) atoms. The first-order valence-electron chi connectivity index (χ1n) is 10.9. The van der Waals surface area contributed by atoms with Gasteiger partial charge in [-0.1, -0.05) is 38.1 Å². The number of carbonyl (C=O) groups is 3. The van der Waals surface area contributed by atoms with Crippen LogP contribution in [0.4, 0.5) is 0 Å². The maximum atomic E-state index is 13.5. The van der Waals surface area contributed by atoms with Crippen molar-refractivity contribution in [1.82, 2.24) is 25.2 Å². The largest absolute Gasteiger partial charge is 0.487 e. The summed E-state index contributed by atoms with van der Waals surface area (Å²) in [5, 5.41) is 21.0. The molecule has 178 valence electrons. The fourth-order valence-corrected chi connectivity index (χ4v) is 3.98. The first-order valence-corrected chi connectivity index (χ1v) is 10.9. The van der Waals surface area contributed by atoms with Crippen molar-refractivity contribution in [2.45, 2.75) is 58.9 Å². The summed E-state index contributed by atoms with van der Waals surface area (Å²) in [5.41, 5.74) is 0.516. The molecule has 3 atom stereocenters. The predicted molar refractivity (Wildman–Crippen MR) is 119 cm³/mol. The van der Waals surface area contributed by atoms with Crippen LogP contribution in [0.5, 0.6) is 5.75 Å². The number of likely N-dealkylation sites (N-methyl/N-ethyl adjacent to an activating group) is 1. The standard InChI is InChI=1S/C23H31N5O5/c1-14(29)15-7-6-8-18(9-15)33-13-16-11-28(26-25-16)20(23(2,3)4)22(32)27-12-17(30)10-19(27)21(31)24-5/h6-9,11,17,19-20,30H,10,12-13H2,1-5H3,(H,24,31)/t17?,19?,20-/m1/s1. The van der Waals surface area contributed by atoms with Crippen LogP contribution in [-0.4, -0.2) is 68.3 Å². The average molecular weight is 458 g/mol. The van der Waals surface area contributed by atoms with Crippen LogP contribution in [0, 0.1) is 5.41 Å². The van der Waals surface area contributed by atoms with E-state index in [9.17, 15) is 19.5 Å². The van der Waals surface area contributed by atoms with Crippen molar-refractivity contribution in [2.24, 2.45) is 5.41 Å². The summed E-state index contributed by atoms with van der Waals surface area (Å²) in [7, 11) is 1.51. The fraction of sp³-hybridized carbons (Fsp3) is 0.522. The summed E-state index contributed by atoms with van der Waals surface area (Å²) in [5.74, 6) is -0.146. The Morgan fingerprint density at radius 2 is 2.03 bits per heavy atom. The number of benzene rings is 1. The molecule has 2 aromatic rings. The van der Waals surface area contributed by atoms with E-state index in [2.05, 4.69) is 15.6 Å². The number of aliphatic hydroxyl groups excluding tert-OH is 1. The van der Waals surface area contributed by atoms with Crippen LogP contribution in [0.2, 0.25) is 0 Å². The second kappa shape index (κ2) is 9.70. The zero-order chi connectivity index (χ0) is 24.3. The molecule has 1 aliphatic rings. The second-order valence-electron chi connectivity index (χ2n) is 9.34. The van der Waals surface area contributed by atoms with Gasteiger partial charge in [-0.3, -0.25) is 14.4 Å². The molecule has 1 aromatic heterocycles. The van der Waals surface area contributed by atoms with Crippen LogP contribution >= 0.6 is 0 Å². The Balaban J connectivity index is 1.79. The molecule has 1 fully saturated rings. The Morgan fingerprint density at radius 1 is 1.30 bits per heavy atom. The summed E-state index contributed by atoms with van der Waals surface area (Å²) < 4.78 is 7.23. The molecular formula is C23H31N5O5. The number of rotatable bonds is 7. The summed E-state index contributed by atoms with van der Waals surface area (Å²) in [6.45, 7) is 7.39. The van der Waals surface area contributed by atoms with Gasteiger partial charge >= 0.3 is 0 Å². The lowest BCUT2D eigenvalue weighted by atomic mass is 9.85. The Morgan fingerprint density at radius 3 is 2.67 bits per heavy atom. The van der Waals surface area contributed by atoms with Gasteiger partial charge in [-0.25, -0.2) is 4.68 Å². The number of aliphatic hydroxyl groups is 1. The number of aromatic nitrogens is 3. The van der Waals surface area contributed by atoms with E-state index in [1.165, 1.54) is 23.6 Å². The molecule has 1 aliphatic heterocycles. The third-order valence-electron chi connectivity index (χ3n) is 5.61. The van der Waals surface area contributed by atoms with Gasteiger partial charge < -0.3 is 20.1 Å². The van der Waals surface area contributed by atoms with Crippen molar-refractivity contribution in [2.75, 3.05) is 13.6 Å². The van der Waals surface area contributed by atoms with Crippen LogP contribution in [0.25, 0.3) is 0 Å². The molecule has 0 radical (unpaired) electrons. The number of Topliss-reactive ketones (excluding diaryl/α,β-unsaturated/α-hetero) is 1. The minimum Gasteiger partial charge on any atom is -0.487 e.